The Morgan fingerprint density at radius 2 is 2.10 bits per heavy atom. The van der Waals surface area contributed by atoms with E-state index in [9.17, 15) is 0 Å². The van der Waals surface area contributed by atoms with Crippen LogP contribution in [0.2, 0.25) is 5.02 Å². The van der Waals surface area contributed by atoms with Crippen molar-refractivity contribution in [2.45, 2.75) is 25.3 Å². The fourth-order valence-corrected chi connectivity index (χ4v) is 4.78. The van der Waals surface area contributed by atoms with Crippen LogP contribution in [-0.4, -0.2) is 78.0 Å². The maximum absolute atomic E-state index is 6.59. The Morgan fingerprint density at radius 1 is 1.29 bits per heavy atom. The van der Waals surface area contributed by atoms with Gasteiger partial charge in [0.2, 0.25) is 0 Å². The summed E-state index contributed by atoms with van der Waals surface area (Å²) in [6.45, 7) is 8.90. The van der Waals surface area contributed by atoms with Crippen molar-refractivity contribution in [1.29, 1.82) is 0 Å². The Hall–Kier alpha value is -2.09. The molecule has 7 nitrogen and oxygen atoms in total. The molecule has 0 radical (unpaired) electrons. The molecular formula is C23H33ClN6O. The van der Waals surface area contributed by atoms with E-state index in [4.69, 9.17) is 21.3 Å². The molecule has 1 N–H and O–H groups in total. The predicted octanol–water partition coefficient (Wildman–Crippen LogP) is 2.90. The largest absolute Gasteiger partial charge is 0.379 e. The SMILES string of the molecule is CCNC(=NCC(c1ccccc1Cl)N1CCOCC1)N1CCC(c2cnn(C)c2)C1. The summed E-state index contributed by atoms with van der Waals surface area (Å²) in [4.78, 5) is 9.92. The van der Waals surface area contributed by atoms with Gasteiger partial charge < -0.3 is 15.0 Å². The second-order valence-electron chi connectivity index (χ2n) is 8.26. The first-order valence-corrected chi connectivity index (χ1v) is 11.6. The number of rotatable bonds is 6. The Kier molecular flexibility index (Phi) is 7.48. The van der Waals surface area contributed by atoms with Gasteiger partial charge in [-0.2, -0.15) is 5.10 Å². The molecule has 2 atom stereocenters. The van der Waals surface area contributed by atoms with Crippen LogP contribution in [0.3, 0.4) is 0 Å². The molecule has 0 saturated carbocycles. The molecule has 0 aliphatic carbocycles. The van der Waals surface area contributed by atoms with Gasteiger partial charge in [0.1, 0.15) is 0 Å². The van der Waals surface area contributed by atoms with Gasteiger partial charge in [0.15, 0.2) is 5.96 Å². The summed E-state index contributed by atoms with van der Waals surface area (Å²) in [6, 6.07) is 8.28. The first-order chi connectivity index (χ1) is 15.2. The van der Waals surface area contributed by atoms with Gasteiger partial charge in [0.05, 0.1) is 32.0 Å². The maximum atomic E-state index is 6.59. The number of morpholine rings is 1. The van der Waals surface area contributed by atoms with Crippen LogP contribution in [0.15, 0.2) is 41.7 Å². The molecule has 2 fully saturated rings. The van der Waals surface area contributed by atoms with Crippen molar-refractivity contribution in [2.75, 3.05) is 52.5 Å². The molecule has 2 aliphatic rings. The number of nitrogens with one attached hydrogen (secondary N) is 1. The average Bonchev–Trinajstić information content (AvgIpc) is 3.44. The molecule has 1 aromatic heterocycles. The smallest absolute Gasteiger partial charge is 0.194 e. The molecule has 2 aromatic rings. The minimum absolute atomic E-state index is 0.142. The predicted molar refractivity (Wildman–Crippen MR) is 125 cm³/mol. The van der Waals surface area contributed by atoms with E-state index in [-0.39, 0.29) is 6.04 Å². The van der Waals surface area contributed by atoms with Gasteiger partial charge in [0, 0.05) is 56.9 Å². The molecule has 0 bridgehead atoms. The van der Waals surface area contributed by atoms with Crippen LogP contribution in [0, 0.1) is 0 Å². The second-order valence-corrected chi connectivity index (χ2v) is 8.67. The molecule has 2 unspecified atom stereocenters. The molecule has 8 heteroatoms. The topological polar surface area (TPSA) is 57.9 Å². The van der Waals surface area contributed by atoms with Crippen molar-refractivity contribution in [2.24, 2.45) is 12.0 Å². The molecule has 1 aromatic carbocycles. The lowest BCUT2D eigenvalue weighted by atomic mass is 10.0. The third-order valence-corrected chi connectivity index (χ3v) is 6.53. The minimum atomic E-state index is 0.142. The van der Waals surface area contributed by atoms with Crippen molar-refractivity contribution < 1.29 is 4.74 Å². The fraction of sp³-hybridized carbons (Fsp3) is 0.565. The quantitative estimate of drug-likeness (QED) is 0.548. The zero-order valence-electron chi connectivity index (χ0n) is 18.5. The number of aliphatic imine (C=N–C) groups is 1. The standard InChI is InChI=1S/C23H33ClN6O/c1-3-25-23(30-9-8-18(17-30)19-14-27-28(2)16-19)26-15-22(29-10-12-31-13-11-29)20-6-4-5-7-21(20)24/h4-7,14,16,18,22H,3,8-13,15,17H2,1-2H3,(H,25,26). The summed E-state index contributed by atoms with van der Waals surface area (Å²) < 4.78 is 7.46. The molecule has 2 aliphatic heterocycles. The molecule has 0 spiro atoms. The summed E-state index contributed by atoms with van der Waals surface area (Å²) in [5.41, 5.74) is 2.45. The lowest BCUT2D eigenvalue weighted by Gasteiger charge is -2.34. The van der Waals surface area contributed by atoms with E-state index in [1.54, 1.807) is 0 Å². The number of hydrogen-bond acceptors (Lipinski definition) is 4. The zero-order chi connectivity index (χ0) is 21.6. The number of aryl methyl sites for hydroxylation is 1. The number of ether oxygens (including phenoxy) is 1. The lowest BCUT2D eigenvalue weighted by Crippen LogP contribution is -2.42. The van der Waals surface area contributed by atoms with E-state index < -0.39 is 0 Å². The number of guanidine groups is 1. The highest BCUT2D eigenvalue weighted by Gasteiger charge is 2.28. The summed E-state index contributed by atoms with van der Waals surface area (Å²) in [5, 5.41) is 8.65. The van der Waals surface area contributed by atoms with Gasteiger partial charge >= 0.3 is 0 Å². The number of aromatic nitrogens is 2. The molecule has 168 valence electrons. The molecule has 2 saturated heterocycles. The van der Waals surface area contributed by atoms with Crippen LogP contribution < -0.4 is 5.32 Å². The zero-order valence-corrected chi connectivity index (χ0v) is 19.3. The molecule has 0 amide bonds. The molecular weight excluding hydrogens is 412 g/mol. The fourth-order valence-electron chi connectivity index (χ4n) is 4.52. The highest BCUT2D eigenvalue weighted by Crippen LogP contribution is 2.30. The van der Waals surface area contributed by atoms with Gasteiger partial charge in [0.25, 0.3) is 0 Å². The van der Waals surface area contributed by atoms with Crippen LogP contribution in [0.25, 0.3) is 0 Å². The normalized spacial score (nSPS) is 21.5. The van der Waals surface area contributed by atoms with Crippen LogP contribution in [-0.2, 0) is 11.8 Å². The summed E-state index contributed by atoms with van der Waals surface area (Å²) in [7, 11) is 1.97. The monoisotopic (exact) mass is 444 g/mol. The van der Waals surface area contributed by atoms with Crippen LogP contribution in [0.4, 0.5) is 0 Å². The van der Waals surface area contributed by atoms with Crippen molar-refractivity contribution in [3.63, 3.8) is 0 Å². The number of hydrogen-bond donors (Lipinski definition) is 1. The highest BCUT2D eigenvalue weighted by atomic mass is 35.5. The maximum Gasteiger partial charge on any atom is 0.194 e. The van der Waals surface area contributed by atoms with E-state index >= 15 is 0 Å². The number of benzene rings is 1. The van der Waals surface area contributed by atoms with Crippen LogP contribution in [0.1, 0.15) is 36.4 Å². The number of halogens is 1. The van der Waals surface area contributed by atoms with E-state index in [0.717, 1.165) is 68.9 Å². The Labute approximate surface area is 190 Å². The number of likely N-dealkylation sites (tertiary alicyclic amines) is 1. The van der Waals surface area contributed by atoms with E-state index in [1.807, 2.05) is 30.1 Å². The van der Waals surface area contributed by atoms with Crippen molar-refractivity contribution >= 4 is 17.6 Å². The van der Waals surface area contributed by atoms with Gasteiger partial charge in [-0.15, -0.1) is 0 Å². The third-order valence-electron chi connectivity index (χ3n) is 6.18. The van der Waals surface area contributed by atoms with E-state index in [1.165, 1.54) is 5.56 Å². The van der Waals surface area contributed by atoms with Crippen molar-refractivity contribution in [1.82, 2.24) is 24.9 Å². The second kappa shape index (κ2) is 10.5. The third kappa shape index (κ3) is 5.40. The van der Waals surface area contributed by atoms with E-state index in [2.05, 4.69) is 45.5 Å². The minimum Gasteiger partial charge on any atom is -0.379 e. The average molecular weight is 445 g/mol. The molecule has 31 heavy (non-hydrogen) atoms. The molecule has 3 heterocycles. The first-order valence-electron chi connectivity index (χ1n) is 11.2. The molecule has 4 rings (SSSR count). The first kappa shape index (κ1) is 22.1. The van der Waals surface area contributed by atoms with Crippen molar-refractivity contribution in [3.05, 3.63) is 52.8 Å². The lowest BCUT2D eigenvalue weighted by molar-refractivity contribution is 0.0179. The highest BCUT2D eigenvalue weighted by molar-refractivity contribution is 6.31. The van der Waals surface area contributed by atoms with Gasteiger partial charge in [-0.3, -0.25) is 14.6 Å². The Bertz CT molecular complexity index is 878. The summed E-state index contributed by atoms with van der Waals surface area (Å²) in [6.07, 6.45) is 5.24. The van der Waals surface area contributed by atoms with Crippen molar-refractivity contribution in [3.8, 4) is 0 Å². The van der Waals surface area contributed by atoms with Gasteiger partial charge in [-0.1, -0.05) is 29.8 Å². The Morgan fingerprint density at radius 3 is 2.81 bits per heavy atom. The summed E-state index contributed by atoms with van der Waals surface area (Å²) in [5.74, 6) is 1.48. The van der Waals surface area contributed by atoms with Gasteiger partial charge in [-0.25, -0.2) is 0 Å². The van der Waals surface area contributed by atoms with Gasteiger partial charge in [-0.05, 0) is 30.5 Å². The summed E-state index contributed by atoms with van der Waals surface area (Å²) >= 11 is 6.59. The van der Waals surface area contributed by atoms with Crippen LogP contribution >= 0.6 is 11.6 Å². The number of nitrogens with zero attached hydrogens (tertiary/aromatic N) is 5. The van der Waals surface area contributed by atoms with E-state index in [0.29, 0.717) is 12.5 Å². The van der Waals surface area contributed by atoms with Crippen LogP contribution in [0.5, 0.6) is 0 Å². The Balaban J connectivity index is 1.51.